The van der Waals surface area contributed by atoms with Crippen LogP contribution in [0.25, 0.3) is 0 Å². The van der Waals surface area contributed by atoms with E-state index in [0.29, 0.717) is 5.00 Å². The molecule has 74 valence electrons. The molecule has 1 heterocycles. The van der Waals surface area contributed by atoms with Crippen LogP contribution in [-0.2, 0) is 4.74 Å². The second-order valence-corrected chi connectivity index (χ2v) is 3.64. The predicted molar refractivity (Wildman–Crippen MR) is 63.7 cm³/mol. The van der Waals surface area contributed by atoms with Crippen molar-refractivity contribution in [2.75, 3.05) is 4.90 Å². The largest absolute Gasteiger partial charge is 0.427 e. The number of hydrogen-bond donors (Lipinski definition) is 1. The number of anilines is 1. The summed E-state index contributed by atoms with van der Waals surface area (Å²) in [6.45, 7) is 0. The molecule has 1 amide bonds. The molecule has 14 heavy (non-hydrogen) atoms. The van der Waals surface area contributed by atoms with Crippen LogP contribution in [0, 0.1) is 0 Å². The molecule has 1 aromatic rings. The van der Waals surface area contributed by atoms with Gasteiger partial charge in [-0.2, -0.15) is 0 Å². The Hall–Kier alpha value is -1.05. The van der Waals surface area contributed by atoms with Crippen molar-refractivity contribution in [2.24, 2.45) is 5.73 Å². The summed E-state index contributed by atoms with van der Waals surface area (Å²) in [6, 6.07) is 3.48. The molecule has 0 bridgehead atoms. The lowest BCUT2D eigenvalue weighted by Gasteiger charge is -2.16. The fraction of sp³-hybridized carbons (Fsp3) is 0. The molecule has 0 fully saturated rings. The van der Waals surface area contributed by atoms with Gasteiger partial charge in [-0.05, 0) is 41.9 Å². The summed E-state index contributed by atoms with van der Waals surface area (Å²) in [5, 5.41) is 2.32. The first kappa shape index (κ1) is 11.0. The van der Waals surface area contributed by atoms with E-state index in [4.69, 9.17) is 18.0 Å². The number of carbonyl (C=O) groups is 1. The van der Waals surface area contributed by atoms with Gasteiger partial charge in [-0.15, -0.1) is 11.3 Å². The Morgan fingerprint density at radius 3 is 2.86 bits per heavy atom. The normalized spacial score (nSPS) is 9.14. The van der Waals surface area contributed by atoms with Gasteiger partial charge in [0.25, 0.3) is 0 Å². The number of nitrogens with zero attached hydrogens (tertiary/aromatic N) is 1. The quantitative estimate of drug-likeness (QED) is 0.808. The molecule has 7 heteroatoms. The molecule has 0 atom stereocenters. The molecule has 0 aliphatic heterocycles. The van der Waals surface area contributed by atoms with Crippen LogP contribution in [0.15, 0.2) is 17.5 Å². The van der Waals surface area contributed by atoms with Crippen molar-refractivity contribution in [1.82, 2.24) is 0 Å². The molecule has 1 rings (SSSR count). The van der Waals surface area contributed by atoms with Crippen LogP contribution in [0.2, 0.25) is 0 Å². The van der Waals surface area contributed by atoms with Crippen molar-refractivity contribution in [1.29, 1.82) is 0 Å². The van der Waals surface area contributed by atoms with Gasteiger partial charge in [0.1, 0.15) is 5.00 Å². The highest BCUT2D eigenvalue weighted by molar-refractivity contribution is 7.80. The number of thiocarbonyl (C=S) groups is 2. The van der Waals surface area contributed by atoms with E-state index < -0.39 is 6.09 Å². The summed E-state index contributed by atoms with van der Waals surface area (Å²) in [5.74, 6) is 0. The topological polar surface area (TPSA) is 55.6 Å². The minimum atomic E-state index is -0.699. The smallest absolute Gasteiger partial charge is 0.406 e. The maximum Gasteiger partial charge on any atom is 0.427 e. The van der Waals surface area contributed by atoms with E-state index in [1.807, 2.05) is 0 Å². The van der Waals surface area contributed by atoms with E-state index in [2.05, 4.69) is 17.0 Å². The number of hydrogen-bond acceptors (Lipinski definition) is 5. The van der Waals surface area contributed by atoms with E-state index in [-0.39, 0.29) is 5.11 Å². The Balaban J connectivity index is 2.91. The Kier molecular flexibility index (Phi) is 3.93. The number of thiophene rings is 1. The fourth-order valence-electron chi connectivity index (χ4n) is 0.780. The monoisotopic (exact) mass is 246 g/mol. The third kappa shape index (κ3) is 2.47. The van der Waals surface area contributed by atoms with E-state index in [1.54, 1.807) is 17.5 Å². The Labute approximate surface area is 95.3 Å². The zero-order valence-electron chi connectivity index (χ0n) is 6.88. The fourth-order valence-corrected chi connectivity index (χ4v) is 1.82. The first-order valence-electron chi connectivity index (χ1n) is 3.44. The molecular weight excluding hydrogens is 240 g/mol. The lowest BCUT2D eigenvalue weighted by atomic mass is 10.6. The van der Waals surface area contributed by atoms with Gasteiger partial charge < -0.3 is 10.5 Å². The second-order valence-electron chi connectivity index (χ2n) is 2.10. The van der Waals surface area contributed by atoms with Gasteiger partial charge in [0, 0.05) is 0 Å². The maximum absolute atomic E-state index is 11.3. The van der Waals surface area contributed by atoms with E-state index in [9.17, 15) is 4.79 Å². The van der Waals surface area contributed by atoms with Crippen LogP contribution in [-0.4, -0.2) is 16.8 Å². The molecule has 0 aliphatic rings. The van der Waals surface area contributed by atoms with Crippen molar-refractivity contribution in [3.05, 3.63) is 17.5 Å². The van der Waals surface area contributed by atoms with Crippen molar-refractivity contribution in [2.45, 2.75) is 0 Å². The molecule has 2 N–H and O–H groups in total. The molecular formula is C7H6N2O2S3. The first-order valence-corrected chi connectivity index (χ1v) is 5.20. The van der Waals surface area contributed by atoms with Gasteiger partial charge in [0.2, 0.25) is 0 Å². The summed E-state index contributed by atoms with van der Waals surface area (Å²) in [6.07, 6.45) is -0.699. The Morgan fingerprint density at radius 1 is 1.71 bits per heavy atom. The number of carbonyl (C=O) groups excluding carboxylic acids is 1. The second kappa shape index (κ2) is 4.99. The molecule has 0 radical (unpaired) electrons. The van der Waals surface area contributed by atoms with Gasteiger partial charge in [-0.25, -0.2) is 9.69 Å². The lowest BCUT2D eigenvalue weighted by molar-refractivity contribution is 0.212. The van der Waals surface area contributed by atoms with Crippen LogP contribution in [0.5, 0.6) is 0 Å². The molecule has 0 aromatic carbocycles. The van der Waals surface area contributed by atoms with E-state index in [1.165, 1.54) is 11.3 Å². The van der Waals surface area contributed by atoms with Crippen LogP contribution in [0.4, 0.5) is 9.80 Å². The molecule has 0 aliphatic carbocycles. The molecule has 4 nitrogen and oxygen atoms in total. The Morgan fingerprint density at radius 2 is 2.43 bits per heavy atom. The summed E-state index contributed by atoms with van der Waals surface area (Å²) in [4.78, 5) is 12.4. The number of ether oxygens (including phenoxy) is 1. The zero-order valence-corrected chi connectivity index (χ0v) is 9.32. The summed E-state index contributed by atoms with van der Waals surface area (Å²) in [7, 11) is 0. The third-order valence-electron chi connectivity index (χ3n) is 1.28. The molecule has 0 saturated heterocycles. The summed E-state index contributed by atoms with van der Waals surface area (Å²) < 4.78 is 4.51. The van der Waals surface area contributed by atoms with Gasteiger partial charge in [0.05, 0.1) is 0 Å². The molecule has 0 unspecified atom stereocenters. The van der Waals surface area contributed by atoms with Crippen molar-refractivity contribution in [3.63, 3.8) is 0 Å². The average molecular weight is 246 g/mol. The molecule has 0 spiro atoms. The molecule has 0 saturated carbocycles. The summed E-state index contributed by atoms with van der Waals surface area (Å²) >= 11 is 10.4. The lowest BCUT2D eigenvalue weighted by Crippen LogP contribution is -2.40. The standard InChI is InChI=1S/C7H6N2O2S3/c8-6(13)9(7(10)11-4-12)5-2-1-3-14-5/h1-4H,(H2,8,13). The third-order valence-corrected chi connectivity index (χ3v) is 2.41. The minimum absolute atomic E-state index is 0.0747. The summed E-state index contributed by atoms with van der Waals surface area (Å²) in [5.41, 5.74) is 6.24. The van der Waals surface area contributed by atoms with E-state index >= 15 is 0 Å². The van der Waals surface area contributed by atoms with Crippen LogP contribution >= 0.6 is 35.8 Å². The van der Waals surface area contributed by atoms with Gasteiger partial charge >= 0.3 is 6.09 Å². The average Bonchev–Trinajstić information content (AvgIpc) is 2.57. The zero-order chi connectivity index (χ0) is 10.6. The first-order chi connectivity index (χ1) is 6.66. The SMILES string of the molecule is NC(=S)N(C(=O)OC=S)c1cccs1. The highest BCUT2D eigenvalue weighted by atomic mass is 32.1. The molecule has 1 aromatic heterocycles. The highest BCUT2D eigenvalue weighted by Crippen LogP contribution is 2.21. The predicted octanol–water partition coefficient (Wildman–Crippen LogP) is 1.89. The highest BCUT2D eigenvalue weighted by Gasteiger charge is 2.20. The van der Waals surface area contributed by atoms with Gasteiger partial charge in [-0.1, -0.05) is 0 Å². The number of rotatable bonds is 2. The van der Waals surface area contributed by atoms with Crippen LogP contribution in [0.3, 0.4) is 0 Å². The van der Waals surface area contributed by atoms with Crippen molar-refractivity contribution >= 4 is 57.5 Å². The van der Waals surface area contributed by atoms with E-state index in [0.717, 1.165) is 10.5 Å². The Bertz CT molecular complexity index is 350. The van der Waals surface area contributed by atoms with Crippen LogP contribution < -0.4 is 10.6 Å². The maximum atomic E-state index is 11.3. The minimum Gasteiger partial charge on any atom is -0.406 e. The van der Waals surface area contributed by atoms with Crippen LogP contribution in [0.1, 0.15) is 0 Å². The van der Waals surface area contributed by atoms with Crippen molar-refractivity contribution < 1.29 is 9.53 Å². The number of nitrogens with two attached hydrogens (primary N) is 1. The van der Waals surface area contributed by atoms with Crippen molar-refractivity contribution in [3.8, 4) is 0 Å². The van der Waals surface area contributed by atoms with Gasteiger partial charge in [0.15, 0.2) is 10.7 Å². The number of amides is 1. The van der Waals surface area contributed by atoms with Gasteiger partial charge in [-0.3, -0.25) is 0 Å².